The quantitative estimate of drug-likeness (QED) is 0.833. The van der Waals surface area contributed by atoms with Crippen molar-refractivity contribution in [1.29, 1.82) is 0 Å². The third-order valence-electron chi connectivity index (χ3n) is 2.39. The summed E-state index contributed by atoms with van der Waals surface area (Å²) in [6, 6.07) is 6.01. The minimum absolute atomic E-state index is 0.671. The molecule has 0 aliphatic heterocycles. The van der Waals surface area contributed by atoms with E-state index in [9.17, 15) is 0 Å². The Labute approximate surface area is 123 Å². The van der Waals surface area contributed by atoms with Crippen LogP contribution in [-0.4, -0.2) is 18.6 Å². The lowest BCUT2D eigenvalue weighted by atomic mass is 10.1. The molecule has 0 aliphatic carbocycles. The van der Waals surface area contributed by atoms with Gasteiger partial charge in [0, 0.05) is 17.1 Å². The van der Waals surface area contributed by atoms with Gasteiger partial charge in [0.1, 0.15) is 5.75 Å². The van der Waals surface area contributed by atoms with Gasteiger partial charge in [0.05, 0.1) is 7.11 Å². The average Bonchev–Trinajstić information content (AvgIpc) is 2.96. The smallest absolute Gasteiger partial charge is 0.119 e. The number of fused-ring (bicyclic) bond motifs is 1. The lowest BCUT2D eigenvalue weighted by Gasteiger charge is -2.00. The first-order chi connectivity index (χ1) is 9.85. The maximum atomic E-state index is 5.54. The molecule has 0 saturated heterocycles. The first-order valence-electron chi connectivity index (χ1n) is 7.02. The van der Waals surface area contributed by atoms with Crippen LogP contribution >= 0.6 is 0 Å². The summed E-state index contributed by atoms with van der Waals surface area (Å²) in [5.74, 6) is 0.885. The van der Waals surface area contributed by atoms with E-state index in [-0.39, 0.29) is 0 Å². The van der Waals surface area contributed by atoms with E-state index in [0.29, 0.717) is 6.54 Å². The van der Waals surface area contributed by atoms with Gasteiger partial charge in [0.25, 0.3) is 0 Å². The summed E-state index contributed by atoms with van der Waals surface area (Å²) in [5.41, 5.74) is 7.92. The largest absolute Gasteiger partial charge is 0.497 e. The Hall–Kier alpha value is -1.92. The number of aromatic nitrogens is 1. The van der Waals surface area contributed by atoms with Crippen molar-refractivity contribution >= 4 is 10.9 Å². The van der Waals surface area contributed by atoms with Gasteiger partial charge in [0.15, 0.2) is 0 Å². The predicted octanol–water partition coefficient (Wildman–Crippen LogP) is 3.98. The fraction of sp³-hybridized carbons (Fsp3) is 0.412. The second kappa shape index (κ2) is 13.5. The zero-order valence-electron chi connectivity index (χ0n) is 13.4. The Bertz CT molecular complexity index is 472. The average molecular weight is 276 g/mol. The molecule has 0 aliphatic rings. The highest BCUT2D eigenvalue weighted by molar-refractivity contribution is 5.84. The third-order valence-corrected chi connectivity index (χ3v) is 2.39. The SMILES string of the molecule is C#C.CC.CC.COc1ccc2[nH]cc(CCN)c2c1. The lowest BCUT2D eigenvalue weighted by Crippen LogP contribution is -2.01. The van der Waals surface area contributed by atoms with Crippen LogP contribution in [-0.2, 0) is 6.42 Å². The number of benzene rings is 1. The van der Waals surface area contributed by atoms with Crippen molar-refractivity contribution in [3.63, 3.8) is 0 Å². The van der Waals surface area contributed by atoms with Gasteiger partial charge >= 0.3 is 0 Å². The summed E-state index contributed by atoms with van der Waals surface area (Å²) in [6.45, 7) is 8.67. The van der Waals surface area contributed by atoms with Crippen LogP contribution in [0, 0.1) is 12.8 Å². The molecule has 20 heavy (non-hydrogen) atoms. The molecule has 2 rings (SSSR count). The highest BCUT2D eigenvalue weighted by Crippen LogP contribution is 2.23. The molecule has 0 saturated carbocycles. The Balaban J connectivity index is 0. The molecule has 3 heteroatoms. The van der Waals surface area contributed by atoms with Crippen molar-refractivity contribution in [2.75, 3.05) is 13.7 Å². The molecule has 3 nitrogen and oxygen atoms in total. The van der Waals surface area contributed by atoms with Crippen LogP contribution in [0.2, 0.25) is 0 Å². The summed E-state index contributed by atoms with van der Waals surface area (Å²) in [4.78, 5) is 3.21. The molecule has 3 N–H and O–H groups in total. The number of nitrogens with one attached hydrogen (secondary N) is 1. The number of H-pyrrole nitrogens is 1. The van der Waals surface area contributed by atoms with E-state index in [2.05, 4.69) is 17.8 Å². The fourth-order valence-electron chi connectivity index (χ4n) is 1.65. The number of hydrogen-bond donors (Lipinski definition) is 2. The number of nitrogens with two attached hydrogens (primary N) is 1. The standard InChI is InChI=1S/C11H14N2O.2C2H6.C2H2/c1-14-9-2-3-11-10(6-9)8(4-5-12)7-13-11;3*1-2/h2-3,6-7,13H,4-5,12H2,1H3;2*1-2H3;1-2H. The molecule has 1 aromatic heterocycles. The zero-order chi connectivity index (χ0) is 16.0. The van der Waals surface area contributed by atoms with Crippen LogP contribution in [0.5, 0.6) is 5.75 Å². The summed E-state index contributed by atoms with van der Waals surface area (Å²) >= 11 is 0. The molecule has 0 spiro atoms. The van der Waals surface area contributed by atoms with Gasteiger partial charge in [-0.05, 0) is 36.7 Å². The summed E-state index contributed by atoms with van der Waals surface area (Å²) < 4.78 is 5.18. The topological polar surface area (TPSA) is 51.0 Å². The van der Waals surface area contributed by atoms with Crippen LogP contribution in [0.1, 0.15) is 33.3 Å². The summed E-state index contributed by atoms with van der Waals surface area (Å²) in [6.07, 6.45) is 10.9. The normalized spacial score (nSPS) is 8.20. The number of rotatable bonds is 3. The third kappa shape index (κ3) is 5.81. The second-order valence-electron chi connectivity index (χ2n) is 3.26. The predicted molar refractivity (Wildman–Crippen MR) is 90.2 cm³/mol. The van der Waals surface area contributed by atoms with Crippen molar-refractivity contribution in [3.05, 3.63) is 30.0 Å². The van der Waals surface area contributed by atoms with Crippen LogP contribution in [0.25, 0.3) is 10.9 Å². The monoisotopic (exact) mass is 276 g/mol. The van der Waals surface area contributed by atoms with Crippen LogP contribution in [0.4, 0.5) is 0 Å². The molecule has 1 heterocycles. The van der Waals surface area contributed by atoms with Gasteiger partial charge in [-0.1, -0.05) is 27.7 Å². The zero-order valence-corrected chi connectivity index (χ0v) is 13.4. The van der Waals surface area contributed by atoms with Crippen molar-refractivity contribution in [2.24, 2.45) is 5.73 Å². The number of methoxy groups -OCH3 is 1. The van der Waals surface area contributed by atoms with Gasteiger partial charge in [-0.15, -0.1) is 12.8 Å². The fourth-order valence-corrected chi connectivity index (χ4v) is 1.65. The molecule has 0 radical (unpaired) electrons. The van der Waals surface area contributed by atoms with Gasteiger partial charge in [-0.3, -0.25) is 0 Å². The molecule has 0 bridgehead atoms. The maximum Gasteiger partial charge on any atom is 0.119 e. The molecule has 0 fully saturated rings. The van der Waals surface area contributed by atoms with Crippen LogP contribution in [0.3, 0.4) is 0 Å². The highest BCUT2D eigenvalue weighted by Gasteiger charge is 2.03. The van der Waals surface area contributed by atoms with Gasteiger partial charge in [-0.2, -0.15) is 0 Å². The van der Waals surface area contributed by atoms with E-state index >= 15 is 0 Å². The van der Waals surface area contributed by atoms with Gasteiger partial charge < -0.3 is 15.5 Å². The molecular weight excluding hydrogens is 248 g/mol. The van der Waals surface area contributed by atoms with E-state index in [0.717, 1.165) is 17.7 Å². The molecular formula is C17H28N2O. The molecule has 1 aromatic carbocycles. The van der Waals surface area contributed by atoms with Crippen molar-refractivity contribution in [2.45, 2.75) is 34.1 Å². The van der Waals surface area contributed by atoms with Crippen LogP contribution in [0.15, 0.2) is 24.4 Å². The van der Waals surface area contributed by atoms with E-state index in [1.54, 1.807) is 7.11 Å². The lowest BCUT2D eigenvalue weighted by molar-refractivity contribution is 0.415. The first kappa shape index (κ1) is 20.4. The van der Waals surface area contributed by atoms with Gasteiger partial charge in [-0.25, -0.2) is 0 Å². The van der Waals surface area contributed by atoms with E-state index in [1.807, 2.05) is 52.1 Å². The highest BCUT2D eigenvalue weighted by atomic mass is 16.5. The maximum absolute atomic E-state index is 5.54. The Morgan fingerprint density at radius 3 is 2.25 bits per heavy atom. The van der Waals surface area contributed by atoms with E-state index in [4.69, 9.17) is 10.5 Å². The molecule has 0 amide bonds. The molecule has 2 aromatic rings. The number of ether oxygens (including phenoxy) is 1. The van der Waals surface area contributed by atoms with Crippen molar-refractivity contribution in [3.8, 4) is 18.6 Å². The minimum atomic E-state index is 0.671. The number of aromatic amines is 1. The van der Waals surface area contributed by atoms with E-state index < -0.39 is 0 Å². The molecule has 0 atom stereocenters. The second-order valence-corrected chi connectivity index (χ2v) is 3.26. The minimum Gasteiger partial charge on any atom is -0.497 e. The van der Waals surface area contributed by atoms with Crippen LogP contribution < -0.4 is 10.5 Å². The van der Waals surface area contributed by atoms with E-state index in [1.165, 1.54) is 10.9 Å². The van der Waals surface area contributed by atoms with Crippen molar-refractivity contribution < 1.29 is 4.74 Å². The molecule has 0 unspecified atom stereocenters. The Kier molecular flexibility index (Phi) is 13.8. The first-order valence-corrected chi connectivity index (χ1v) is 7.02. The Morgan fingerprint density at radius 1 is 1.15 bits per heavy atom. The number of hydrogen-bond acceptors (Lipinski definition) is 2. The Morgan fingerprint density at radius 2 is 1.75 bits per heavy atom. The summed E-state index contributed by atoms with van der Waals surface area (Å²) in [7, 11) is 1.68. The molecule has 112 valence electrons. The van der Waals surface area contributed by atoms with Gasteiger partial charge in [0.2, 0.25) is 0 Å². The van der Waals surface area contributed by atoms with Crippen molar-refractivity contribution in [1.82, 2.24) is 4.98 Å². The number of terminal acetylenes is 1. The summed E-state index contributed by atoms with van der Waals surface area (Å²) in [5, 5.41) is 1.20.